The number of nitriles is 1. The quantitative estimate of drug-likeness (QED) is 0.468. The first kappa shape index (κ1) is 16.5. The molecule has 2 aromatic rings. The largest absolute Gasteiger partial charge is 0.385 e. The van der Waals surface area contributed by atoms with E-state index in [-0.39, 0.29) is 5.57 Å². The molecule has 1 amide bonds. The van der Waals surface area contributed by atoms with Crippen molar-refractivity contribution < 1.29 is 9.53 Å². The summed E-state index contributed by atoms with van der Waals surface area (Å²) in [5.41, 5.74) is 0.860. The summed E-state index contributed by atoms with van der Waals surface area (Å²) in [5.74, 6) is -0.392. The van der Waals surface area contributed by atoms with Crippen molar-refractivity contribution in [2.45, 2.75) is 6.42 Å². The Balaban J connectivity index is 2.00. The number of amides is 1. The molecule has 0 atom stereocenters. The molecule has 0 radical (unpaired) electrons. The van der Waals surface area contributed by atoms with Crippen molar-refractivity contribution in [3.63, 3.8) is 0 Å². The van der Waals surface area contributed by atoms with Gasteiger partial charge < -0.3 is 15.4 Å². The van der Waals surface area contributed by atoms with Crippen molar-refractivity contribution in [1.29, 1.82) is 5.26 Å². The van der Waals surface area contributed by atoms with Crippen molar-refractivity contribution in [2.24, 2.45) is 0 Å². The lowest BCUT2D eigenvalue weighted by atomic mass is 10.1. The second kappa shape index (κ2) is 8.57. The fraction of sp³-hybridized carbons (Fsp3) is 0.222. The summed E-state index contributed by atoms with van der Waals surface area (Å²) >= 11 is 0. The average Bonchev–Trinajstić information content (AvgIpc) is 2.59. The minimum absolute atomic E-state index is 0.0376. The molecule has 2 N–H and O–H groups in total. The number of nitrogens with zero attached hydrogens (tertiary/aromatic N) is 1. The van der Waals surface area contributed by atoms with Crippen LogP contribution in [0.15, 0.2) is 54.2 Å². The van der Waals surface area contributed by atoms with Crippen LogP contribution in [0.25, 0.3) is 10.8 Å². The van der Waals surface area contributed by atoms with Gasteiger partial charge in [-0.25, -0.2) is 0 Å². The minimum Gasteiger partial charge on any atom is -0.385 e. The first-order valence-electron chi connectivity index (χ1n) is 7.37. The lowest BCUT2D eigenvalue weighted by Crippen LogP contribution is -2.26. The predicted molar refractivity (Wildman–Crippen MR) is 90.8 cm³/mol. The number of ether oxygens (including phenoxy) is 1. The highest BCUT2D eigenvalue weighted by atomic mass is 16.5. The third-order valence-electron chi connectivity index (χ3n) is 3.31. The van der Waals surface area contributed by atoms with Crippen LogP contribution in [-0.4, -0.2) is 26.2 Å². The molecular weight excluding hydrogens is 290 g/mol. The topological polar surface area (TPSA) is 74.1 Å². The van der Waals surface area contributed by atoms with Gasteiger partial charge in [-0.2, -0.15) is 5.26 Å². The van der Waals surface area contributed by atoms with Crippen LogP contribution in [0.3, 0.4) is 0 Å². The number of fused-ring (bicyclic) bond motifs is 1. The average molecular weight is 309 g/mol. The second-order valence-corrected chi connectivity index (χ2v) is 4.98. The number of carbonyl (C=O) groups is 1. The number of carbonyl (C=O) groups excluding carboxylic acids is 1. The molecule has 0 fully saturated rings. The van der Waals surface area contributed by atoms with E-state index in [0.717, 1.165) is 16.5 Å². The van der Waals surface area contributed by atoms with Gasteiger partial charge in [0.05, 0.1) is 0 Å². The van der Waals surface area contributed by atoms with Crippen LogP contribution in [0.2, 0.25) is 0 Å². The highest BCUT2D eigenvalue weighted by Crippen LogP contribution is 2.18. The van der Waals surface area contributed by atoms with Gasteiger partial charge in [0.2, 0.25) is 0 Å². The van der Waals surface area contributed by atoms with E-state index >= 15 is 0 Å². The lowest BCUT2D eigenvalue weighted by Gasteiger charge is -2.06. The zero-order valence-corrected chi connectivity index (χ0v) is 13.0. The number of nitrogens with one attached hydrogen (secondary N) is 2. The summed E-state index contributed by atoms with van der Waals surface area (Å²) in [6.07, 6.45) is 2.13. The van der Waals surface area contributed by atoms with Gasteiger partial charge in [-0.1, -0.05) is 30.3 Å². The van der Waals surface area contributed by atoms with Crippen molar-refractivity contribution >= 4 is 22.4 Å². The van der Waals surface area contributed by atoms with E-state index in [1.807, 2.05) is 48.5 Å². The van der Waals surface area contributed by atoms with E-state index < -0.39 is 5.91 Å². The van der Waals surface area contributed by atoms with Crippen molar-refractivity contribution in [1.82, 2.24) is 5.32 Å². The third kappa shape index (κ3) is 4.83. The Labute approximate surface area is 135 Å². The van der Waals surface area contributed by atoms with Crippen LogP contribution in [0.1, 0.15) is 6.42 Å². The van der Waals surface area contributed by atoms with E-state index in [0.29, 0.717) is 19.6 Å². The highest BCUT2D eigenvalue weighted by Gasteiger charge is 2.07. The normalized spacial score (nSPS) is 11.0. The van der Waals surface area contributed by atoms with E-state index in [1.165, 1.54) is 6.20 Å². The van der Waals surface area contributed by atoms with Gasteiger partial charge in [-0.05, 0) is 29.3 Å². The van der Waals surface area contributed by atoms with Crippen molar-refractivity contribution in [2.75, 3.05) is 25.6 Å². The van der Waals surface area contributed by atoms with Crippen LogP contribution in [0.5, 0.6) is 0 Å². The molecule has 0 saturated carbocycles. The van der Waals surface area contributed by atoms with Gasteiger partial charge in [0.25, 0.3) is 5.91 Å². The summed E-state index contributed by atoms with van der Waals surface area (Å²) < 4.78 is 4.91. The summed E-state index contributed by atoms with van der Waals surface area (Å²) in [5, 5.41) is 17.0. The first-order chi connectivity index (χ1) is 11.2. The molecule has 2 rings (SSSR count). The Hall–Kier alpha value is -2.84. The van der Waals surface area contributed by atoms with Crippen LogP contribution in [0.4, 0.5) is 5.69 Å². The fourth-order valence-corrected chi connectivity index (χ4v) is 2.10. The Morgan fingerprint density at radius 3 is 2.78 bits per heavy atom. The molecule has 0 aromatic heterocycles. The number of methoxy groups -OCH3 is 1. The lowest BCUT2D eigenvalue weighted by molar-refractivity contribution is -0.117. The van der Waals surface area contributed by atoms with Crippen molar-refractivity contribution in [3.05, 3.63) is 54.2 Å². The van der Waals surface area contributed by atoms with Gasteiger partial charge in [0.15, 0.2) is 0 Å². The van der Waals surface area contributed by atoms with Crippen LogP contribution < -0.4 is 10.6 Å². The molecule has 0 aliphatic carbocycles. The van der Waals surface area contributed by atoms with Crippen molar-refractivity contribution in [3.8, 4) is 6.07 Å². The maximum Gasteiger partial charge on any atom is 0.263 e. The molecule has 2 aromatic carbocycles. The number of hydrogen-bond donors (Lipinski definition) is 2. The summed E-state index contributed by atoms with van der Waals surface area (Å²) in [7, 11) is 1.61. The van der Waals surface area contributed by atoms with E-state index in [2.05, 4.69) is 10.6 Å². The predicted octanol–water partition coefficient (Wildman–Crippen LogP) is 2.81. The highest BCUT2D eigenvalue weighted by molar-refractivity contribution is 5.97. The van der Waals surface area contributed by atoms with Gasteiger partial charge in [0.1, 0.15) is 11.6 Å². The van der Waals surface area contributed by atoms with Crippen LogP contribution in [0, 0.1) is 11.3 Å². The molecule has 0 bridgehead atoms. The molecule has 0 unspecified atom stereocenters. The van der Waals surface area contributed by atoms with Gasteiger partial charge in [0, 0.05) is 32.1 Å². The molecule has 5 heteroatoms. The minimum atomic E-state index is -0.392. The third-order valence-corrected chi connectivity index (χ3v) is 3.31. The number of benzene rings is 2. The summed E-state index contributed by atoms with van der Waals surface area (Å²) in [6.45, 7) is 1.04. The first-order valence-corrected chi connectivity index (χ1v) is 7.37. The Kier molecular flexibility index (Phi) is 6.16. The number of anilines is 1. The molecule has 118 valence electrons. The van der Waals surface area contributed by atoms with Gasteiger partial charge in [-0.3, -0.25) is 4.79 Å². The number of rotatable bonds is 7. The molecule has 0 heterocycles. The zero-order valence-electron chi connectivity index (χ0n) is 13.0. The Morgan fingerprint density at radius 1 is 1.26 bits per heavy atom. The standard InChI is InChI=1S/C18H19N3O2/c1-23-10-4-9-20-18(22)16(12-19)13-21-17-8-7-14-5-2-3-6-15(14)11-17/h2-3,5-8,11,13,21H,4,9-10H2,1H3,(H,20,22)/b16-13-. The van der Waals surface area contributed by atoms with E-state index in [1.54, 1.807) is 7.11 Å². The smallest absolute Gasteiger partial charge is 0.263 e. The molecule has 5 nitrogen and oxygen atoms in total. The molecule has 0 aliphatic rings. The molecule has 0 aliphatic heterocycles. The molecular formula is C18H19N3O2. The maximum absolute atomic E-state index is 11.9. The van der Waals surface area contributed by atoms with Crippen LogP contribution in [-0.2, 0) is 9.53 Å². The van der Waals surface area contributed by atoms with Crippen LogP contribution >= 0.6 is 0 Å². The summed E-state index contributed by atoms with van der Waals surface area (Å²) in [6, 6.07) is 15.8. The van der Waals surface area contributed by atoms with E-state index in [9.17, 15) is 4.79 Å². The number of hydrogen-bond acceptors (Lipinski definition) is 4. The molecule has 0 spiro atoms. The second-order valence-electron chi connectivity index (χ2n) is 4.98. The Bertz CT molecular complexity index is 747. The zero-order chi connectivity index (χ0) is 16.5. The van der Waals surface area contributed by atoms with E-state index in [4.69, 9.17) is 10.00 Å². The monoisotopic (exact) mass is 309 g/mol. The van der Waals surface area contributed by atoms with Gasteiger partial charge in [-0.15, -0.1) is 0 Å². The maximum atomic E-state index is 11.9. The summed E-state index contributed by atoms with van der Waals surface area (Å²) in [4.78, 5) is 11.9. The van der Waals surface area contributed by atoms with Gasteiger partial charge >= 0.3 is 0 Å². The molecule has 23 heavy (non-hydrogen) atoms. The molecule has 0 saturated heterocycles. The SMILES string of the molecule is COCCCNC(=O)/C(C#N)=C\Nc1ccc2ccccc2c1. The Morgan fingerprint density at radius 2 is 2.04 bits per heavy atom. The fourth-order valence-electron chi connectivity index (χ4n) is 2.10.